The van der Waals surface area contributed by atoms with Crippen molar-refractivity contribution in [3.05, 3.63) is 101 Å². The lowest BCUT2D eigenvalue weighted by Gasteiger charge is -2.38. The summed E-state index contributed by atoms with van der Waals surface area (Å²) in [6, 6.07) is 15.9. The van der Waals surface area contributed by atoms with Crippen LogP contribution >= 0.6 is 0 Å². The number of phenolic OH excluding ortho intramolecular Hbond substituents is 1. The van der Waals surface area contributed by atoms with E-state index in [2.05, 4.69) is 5.32 Å². The van der Waals surface area contributed by atoms with Crippen LogP contribution in [-0.2, 0) is 11.3 Å². The van der Waals surface area contributed by atoms with E-state index in [9.17, 15) is 23.4 Å². The molecule has 1 saturated heterocycles. The number of halogens is 3. The molecule has 7 heteroatoms. The molecule has 3 aromatic rings. The van der Waals surface area contributed by atoms with Gasteiger partial charge in [-0.3, -0.25) is 0 Å². The van der Waals surface area contributed by atoms with Crippen LogP contribution in [0.1, 0.15) is 29.0 Å². The zero-order chi connectivity index (χ0) is 22.7. The summed E-state index contributed by atoms with van der Waals surface area (Å²) in [6.07, 6.45) is -0.828. The molecule has 0 spiro atoms. The number of rotatable bonds is 6. The number of ether oxygens (including phenoxy) is 1. The highest BCUT2D eigenvalue weighted by atomic mass is 19.1. The number of aliphatic hydroxyl groups excluding tert-OH is 1. The summed E-state index contributed by atoms with van der Waals surface area (Å²) >= 11 is 0. The molecule has 168 valence electrons. The standard InChI is InChI=1S/C25H24F3NO3/c26-18-6-2-16(3-7-18)25(17-4-8-19(27)9-5-17)24-12-23(31)21(14-32-24)29-13-15-1-10-22(30)20(28)11-15/h1-11,21,23-25,29-31H,12-14H2/t21-,23-,24+/m1/s1. The molecule has 1 fully saturated rings. The Bertz CT molecular complexity index is 998. The lowest BCUT2D eigenvalue weighted by atomic mass is 9.82. The number of aliphatic hydroxyl groups is 1. The van der Waals surface area contributed by atoms with Crippen LogP contribution in [0, 0.1) is 17.5 Å². The number of hydrogen-bond donors (Lipinski definition) is 3. The van der Waals surface area contributed by atoms with Gasteiger partial charge < -0.3 is 20.3 Å². The van der Waals surface area contributed by atoms with Crippen LogP contribution in [0.3, 0.4) is 0 Å². The second-order valence-corrected chi connectivity index (χ2v) is 8.03. The van der Waals surface area contributed by atoms with Gasteiger partial charge in [-0.05, 0) is 53.1 Å². The molecule has 3 aromatic carbocycles. The highest BCUT2D eigenvalue weighted by Crippen LogP contribution is 2.35. The Balaban J connectivity index is 1.47. The highest BCUT2D eigenvalue weighted by molar-refractivity contribution is 5.35. The molecule has 0 bridgehead atoms. The van der Waals surface area contributed by atoms with Gasteiger partial charge in [-0.1, -0.05) is 30.3 Å². The summed E-state index contributed by atoms with van der Waals surface area (Å²) in [6.45, 7) is 0.512. The maximum atomic E-state index is 13.5. The average molecular weight is 443 g/mol. The number of nitrogens with one attached hydrogen (secondary N) is 1. The van der Waals surface area contributed by atoms with Crippen LogP contribution < -0.4 is 5.32 Å². The first-order valence-corrected chi connectivity index (χ1v) is 10.4. The third-order valence-electron chi connectivity index (χ3n) is 5.84. The van der Waals surface area contributed by atoms with Gasteiger partial charge in [-0.2, -0.15) is 0 Å². The SMILES string of the molecule is Oc1ccc(CN[C@@H]2CO[C@H](C(c3ccc(F)cc3)c3ccc(F)cc3)C[C@H]2O)cc1F. The van der Waals surface area contributed by atoms with Gasteiger partial charge in [-0.25, -0.2) is 13.2 Å². The zero-order valence-corrected chi connectivity index (χ0v) is 17.2. The third-order valence-corrected chi connectivity index (χ3v) is 5.84. The normalized spacial score (nSPS) is 21.1. The van der Waals surface area contributed by atoms with E-state index in [1.165, 1.54) is 36.4 Å². The van der Waals surface area contributed by atoms with Gasteiger partial charge in [0.05, 0.1) is 24.9 Å². The van der Waals surface area contributed by atoms with E-state index in [1.54, 1.807) is 30.3 Å². The molecule has 0 radical (unpaired) electrons. The van der Waals surface area contributed by atoms with Gasteiger partial charge in [0, 0.05) is 18.9 Å². The molecule has 3 N–H and O–H groups in total. The van der Waals surface area contributed by atoms with Gasteiger partial charge >= 0.3 is 0 Å². The van der Waals surface area contributed by atoms with Crippen molar-refractivity contribution in [1.82, 2.24) is 5.32 Å². The van der Waals surface area contributed by atoms with Gasteiger partial charge in [0.2, 0.25) is 0 Å². The highest BCUT2D eigenvalue weighted by Gasteiger charge is 2.35. The summed E-state index contributed by atoms with van der Waals surface area (Å²) in [5.41, 5.74) is 2.24. The van der Waals surface area contributed by atoms with Crippen molar-refractivity contribution < 1.29 is 28.1 Å². The molecule has 0 aliphatic carbocycles. The number of benzene rings is 3. The minimum Gasteiger partial charge on any atom is -0.505 e. The topological polar surface area (TPSA) is 61.7 Å². The molecule has 4 nitrogen and oxygen atoms in total. The van der Waals surface area contributed by atoms with Crippen molar-refractivity contribution in [2.75, 3.05) is 6.61 Å². The van der Waals surface area contributed by atoms with Crippen molar-refractivity contribution in [3.8, 4) is 5.75 Å². The van der Waals surface area contributed by atoms with Crippen LogP contribution in [0.2, 0.25) is 0 Å². The average Bonchev–Trinajstić information content (AvgIpc) is 2.78. The van der Waals surface area contributed by atoms with Crippen LogP contribution in [0.4, 0.5) is 13.2 Å². The Kier molecular flexibility index (Phi) is 6.79. The monoisotopic (exact) mass is 443 g/mol. The molecular formula is C25H24F3NO3. The predicted molar refractivity (Wildman–Crippen MR) is 114 cm³/mol. The van der Waals surface area contributed by atoms with E-state index in [0.29, 0.717) is 18.5 Å². The Morgan fingerprint density at radius 2 is 1.50 bits per heavy atom. The molecule has 0 amide bonds. The molecule has 4 rings (SSSR count). The molecule has 0 aromatic heterocycles. The predicted octanol–water partition coefficient (Wildman–Crippen LogP) is 4.25. The first-order valence-electron chi connectivity index (χ1n) is 10.4. The maximum absolute atomic E-state index is 13.5. The van der Waals surface area contributed by atoms with Crippen molar-refractivity contribution in [2.24, 2.45) is 0 Å². The zero-order valence-electron chi connectivity index (χ0n) is 17.2. The van der Waals surface area contributed by atoms with E-state index in [-0.39, 0.29) is 30.2 Å². The van der Waals surface area contributed by atoms with Crippen molar-refractivity contribution in [1.29, 1.82) is 0 Å². The van der Waals surface area contributed by atoms with Crippen LogP contribution in [-0.4, -0.2) is 35.1 Å². The molecule has 1 aliphatic heterocycles. The molecular weight excluding hydrogens is 419 g/mol. The Labute approximate surface area is 184 Å². The number of phenols is 1. The van der Waals surface area contributed by atoms with Crippen LogP contribution in [0.15, 0.2) is 66.7 Å². The van der Waals surface area contributed by atoms with Gasteiger partial charge in [-0.15, -0.1) is 0 Å². The first kappa shape index (κ1) is 22.3. The number of hydrogen-bond acceptors (Lipinski definition) is 4. The van der Waals surface area contributed by atoms with E-state index < -0.39 is 23.8 Å². The largest absolute Gasteiger partial charge is 0.505 e. The fourth-order valence-electron chi connectivity index (χ4n) is 4.11. The molecule has 0 unspecified atom stereocenters. The summed E-state index contributed by atoms with van der Waals surface area (Å²) in [5.74, 6) is -2.13. The Morgan fingerprint density at radius 1 is 0.906 bits per heavy atom. The molecule has 1 heterocycles. The lowest BCUT2D eigenvalue weighted by molar-refractivity contribution is -0.0718. The van der Waals surface area contributed by atoms with Crippen molar-refractivity contribution in [3.63, 3.8) is 0 Å². The van der Waals surface area contributed by atoms with Crippen LogP contribution in [0.25, 0.3) is 0 Å². The van der Waals surface area contributed by atoms with E-state index >= 15 is 0 Å². The molecule has 3 atom stereocenters. The van der Waals surface area contributed by atoms with Crippen molar-refractivity contribution >= 4 is 0 Å². The second-order valence-electron chi connectivity index (χ2n) is 8.03. The smallest absolute Gasteiger partial charge is 0.165 e. The van der Waals surface area contributed by atoms with E-state index in [1.807, 2.05) is 0 Å². The minimum absolute atomic E-state index is 0.214. The second kappa shape index (κ2) is 9.73. The lowest BCUT2D eigenvalue weighted by Crippen LogP contribution is -2.50. The molecule has 1 aliphatic rings. The summed E-state index contributed by atoms with van der Waals surface area (Å²) in [4.78, 5) is 0. The van der Waals surface area contributed by atoms with E-state index in [4.69, 9.17) is 4.74 Å². The summed E-state index contributed by atoms with van der Waals surface area (Å²) in [7, 11) is 0. The van der Waals surface area contributed by atoms with Crippen LogP contribution in [0.5, 0.6) is 5.75 Å². The van der Waals surface area contributed by atoms with E-state index in [0.717, 1.165) is 11.1 Å². The third kappa shape index (κ3) is 5.12. The minimum atomic E-state index is -0.737. The fourth-order valence-corrected chi connectivity index (χ4v) is 4.11. The van der Waals surface area contributed by atoms with Gasteiger partial charge in [0.1, 0.15) is 11.6 Å². The van der Waals surface area contributed by atoms with Gasteiger partial charge in [0.25, 0.3) is 0 Å². The molecule has 0 saturated carbocycles. The number of aromatic hydroxyl groups is 1. The van der Waals surface area contributed by atoms with Gasteiger partial charge in [0.15, 0.2) is 11.6 Å². The molecule has 32 heavy (non-hydrogen) atoms. The van der Waals surface area contributed by atoms with Crippen molar-refractivity contribution in [2.45, 2.75) is 37.1 Å². The summed E-state index contributed by atoms with van der Waals surface area (Å²) in [5, 5.41) is 23.2. The fraction of sp³-hybridized carbons (Fsp3) is 0.280. The summed E-state index contributed by atoms with van der Waals surface area (Å²) < 4.78 is 46.6. The Morgan fingerprint density at radius 3 is 2.03 bits per heavy atom. The maximum Gasteiger partial charge on any atom is 0.165 e. The Hall–Kier alpha value is -2.87. The first-order chi connectivity index (χ1) is 15.4. The quantitative estimate of drug-likeness (QED) is 0.533.